The second kappa shape index (κ2) is 8.26. The van der Waals surface area contributed by atoms with Gasteiger partial charge in [-0.2, -0.15) is 0 Å². The Labute approximate surface area is 122 Å². The lowest BCUT2D eigenvalue weighted by molar-refractivity contribution is -0.935. The number of quaternary nitrogens is 1. The van der Waals surface area contributed by atoms with Gasteiger partial charge < -0.3 is 22.2 Å². The molecule has 0 bridgehead atoms. The molecule has 0 unspecified atom stereocenters. The van der Waals surface area contributed by atoms with Crippen molar-refractivity contribution in [2.75, 3.05) is 26.4 Å². The number of alkyl halides is 3. The van der Waals surface area contributed by atoms with Crippen LogP contribution in [0.4, 0.5) is 26.1 Å². The third-order valence-electron chi connectivity index (χ3n) is 3.27. The highest BCUT2D eigenvalue weighted by atomic mass is 19.4. The summed E-state index contributed by atoms with van der Waals surface area (Å²) in [6.45, 7) is 4.77. The lowest BCUT2D eigenvalue weighted by Crippen LogP contribution is -2.48. The second-order valence-corrected chi connectivity index (χ2v) is 5.68. The first kappa shape index (κ1) is 20.6. The predicted molar refractivity (Wildman–Crippen MR) is 70.6 cm³/mol. The van der Waals surface area contributed by atoms with Gasteiger partial charge in [0, 0.05) is 12.8 Å². The number of likely N-dealkylation sites (tertiary alicyclic amines) is 1. The van der Waals surface area contributed by atoms with Crippen LogP contribution in [0.15, 0.2) is 0 Å². The fourth-order valence-electron chi connectivity index (χ4n) is 2.21. The topological polar surface area (TPSA) is 9.23 Å². The van der Waals surface area contributed by atoms with Crippen LogP contribution in [-0.4, -0.2) is 50.0 Å². The normalized spacial score (nSPS) is 18.6. The van der Waals surface area contributed by atoms with E-state index in [-0.39, 0.29) is 0 Å². The minimum Gasteiger partial charge on any atom is -0.443 e. The van der Waals surface area contributed by atoms with E-state index in [2.05, 4.69) is 20.8 Å². The van der Waals surface area contributed by atoms with Crippen LogP contribution in [0.2, 0.25) is 0 Å². The highest BCUT2D eigenvalue weighted by molar-refractivity contribution is 6.60. The minimum atomic E-state index is -6.65. The molecule has 0 aromatic rings. The lowest BCUT2D eigenvalue weighted by atomic mass is 9.92. The number of hydrogen-bond acceptors (Lipinski definition) is 1. The molecule has 0 amide bonds. The summed E-state index contributed by atoms with van der Waals surface area (Å²) < 4.78 is 69.9. The molecule has 1 heterocycles. The van der Waals surface area contributed by atoms with Crippen molar-refractivity contribution in [2.45, 2.75) is 52.2 Å². The van der Waals surface area contributed by atoms with Gasteiger partial charge in [0.1, 0.15) is 0 Å². The van der Waals surface area contributed by atoms with E-state index in [0.717, 1.165) is 6.73 Å². The van der Waals surface area contributed by atoms with Gasteiger partial charge in [-0.1, -0.05) is 6.92 Å². The molecule has 1 aliphatic rings. The van der Waals surface area contributed by atoms with E-state index in [1.54, 1.807) is 0 Å². The molecule has 0 spiro atoms. The number of halogens is 6. The first-order valence-corrected chi connectivity index (χ1v) is 7.16. The second-order valence-electron chi connectivity index (χ2n) is 5.68. The van der Waals surface area contributed by atoms with E-state index < -0.39 is 13.1 Å². The van der Waals surface area contributed by atoms with Crippen LogP contribution in [0, 0.1) is 0 Å². The van der Waals surface area contributed by atoms with Crippen LogP contribution in [0.1, 0.15) is 40.0 Å². The van der Waals surface area contributed by atoms with Gasteiger partial charge in [-0.3, -0.25) is 0 Å². The summed E-state index contributed by atoms with van der Waals surface area (Å²) in [5.41, 5.74) is 0. The largest absolute Gasteiger partial charge is 0.583 e. The highest BCUT2D eigenvalue weighted by Crippen LogP contribution is 2.31. The first-order chi connectivity index (χ1) is 9.43. The van der Waals surface area contributed by atoms with Crippen molar-refractivity contribution in [3.05, 3.63) is 0 Å². The van der Waals surface area contributed by atoms with E-state index in [9.17, 15) is 26.1 Å². The maximum absolute atomic E-state index is 10.5. The Morgan fingerprint density at radius 3 is 1.81 bits per heavy atom. The summed E-state index contributed by atoms with van der Waals surface area (Å²) in [5.74, 6) is 0. The van der Waals surface area contributed by atoms with E-state index in [1.807, 2.05) is 0 Å². The minimum absolute atomic E-state index is 0.382. The van der Waals surface area contributed by atoms with Crippen LogP contribution in [0.25, 0.3) is 0 Å². The fraction of sp³-hybridized carbons (Fsp3) is 1.00. The number of rotatable bonds is 5. The smallest absolute Gasteiger partial charge is 0.443 e. The molecule has 128 valence electrons. The molecule has 1 fully saturated rings. The Morgan fingerprint density at radius 2 is 1.52 bits per heavy atom. The van der Waals surface area contributed by atoms with Crippen LogP contribution in [0.3, 0.4) is 0 Å². The molecule has 0 aliphatic carbocycles. The summed E-state index contributed by atoms with van der Waals surface area (Å²) in [4.78, 5) is 0. The van der Waals surface area contributed by atoms with Crippen molar-refractivity contribution in [1.82, 2.24) is 0 Å². The lowest BCUT2D eigenvalue weighted by Gasteiger charge is -2.34. The Kier molecular flexibility index (Phi) is 8.09. The summed E-state index contributed by atoms with van der Waals surface area (Å²) >= 11 is 0. The molecule has 21 heavy (non-hydrogen) atoms. The van der Waals surface area contributed by atoms with Crippen molar-refractivity contribution in [3.63, 3.8) is 0 Å². The summed E-state index contributed by atoms with van der Waals surface area (Å²) in [7, 11) is 0. The standard InChI is InChI=1S/C11H24NO.CBF6/c1-4-7-12(8-5-6-9-12)10-13-11(2)3;3-1(4,5)2(6,7)8/h11H,4-10H2,1-3H3;/q+1;-1. The van der Waals surface area contributed by atoms with Crippen molar-refractivity contribution < 1.29 is 35.3 Å². The molecular weight excluding hydrogens is 299 g/mol. The van der Waals surface area contributed by atoms with Gasteiger partial charge in [-0.25, -0.2) is 13.2 Å². The molecule has 0 aromatic heterocycles. The molecule has 0 radical (unpaired) electrons. The summed E-state index contributed by atoms with van der Waals surface area (Å²) in [5, 5.41) is 0. The molecule has 0 N–H and O–H groups in total. The number of hydrogen-bond donors (Lipinski definition) is 0. The van der Waals surface area contributed by atoms with E-state index >= 15 is 0 Å². The van der Waals surface area contributed by atoms with E-state index in [1.165, 1.54) is 43.4 Å². The van der Waals surface area contributed by atoms with Crippen LogP contribution >= 0.6 is 0 Å². The summed E-state index contributed by atoms with van der Waals surface area (Å²) in [6.07, 6.45) is -1.56. The molecule has 0 atom stereocenters. The van der Waals surface area contributed by atoms with E-state index in [0.29, 0.717) is 6.10 Å². The molecule has 0 saturated carbocycles. The Hall–Kier alpha value is -0.435. The van der Waals surface area contributed by atoms with Gasteiger partial charge in [0.25, 0.3) is 0 Å². The van der Waals surface area contributed by atoms with Gasteiger partial charge >= 0.3 is 13.1 Å². The Morgan fingerprint density at radius 1 is 1.10 bits per heavy atom. The van der Waals surface area contributed by atoms with Crippen LogP contribution in [-0.2, 0) is 4.74 Å². The Balaban J connectivity index is 0.000000433. The van der Waals surface area contributed by atoms with Gasteiger partial charge in [0.2, 0.25) is 0 Å². The van der Waals surface area contributed by atoms with Crippen molar-refractivity contribution in [1.29, 1.82) is 0 Å². The highest BCUT2D eigenvalue weighted by Gasteiger charge is 2.53. The van der Waals surface area contributed by atoms with Gasteiger partial charge in [0.05, 0.1) is 25.7 Å². The zero-order valence-corrected chi connectivity index (χ0v) is 12.7. The monoisotopic (exact) mass is 323 g/mol. The van der Waals surface area contributed by atoms with Crippen molar-refractivity contribution in [3.8, 4) is 0 Å². The molecule has 1 rings (SSSR count). The maximum atomic E-state index is 10.5. The Bertz CT molecular complexity index is 274. The third-order valence-corrected chi connectivity index (χ3v) is 3.27. The first-order valence-electron chi connectivity index (χ1n) is 7.16. The van der Waals surface area contributed by atoms with Crippen molar-refractivity contribution >= 4 is 6.98 Å². The van der Waals surface area contributed by atoms with Gasteiger partial charge in [-0.05, 0) is 20.3 Å². The van der Waals surface area contributed by atoms with E-state index in [4.69, 9.17) is 4.74 Å². The number of nitrogens with zero attached hydrogens (tertiary/aromatic N) is 1. The molecule has 2 nitrogen and oxygen atoms in total. The van der Waals surface area contributed by atoms with Gasteiger partial charge in [0.15, 0.2) is 6.73 Å². The quantitative estimate of drug-likeness (QED) is 0.416. The van der Waals surface area contributed by atoms with Crippen molar-refractivity contribution in [2.24, 2.45) is 0 Å². The van der Waals surface area contributed by atoms with Crippen LogP contribution in [0.5, 0.6) is 0 Å². The maximum Gasteiger partial charge on any atom is 0.583 e. The predicted octanol–water partition coefficient (Wildman–Crippen LogP) is 4.32. The average molecular weight is 323 g/mol. The zero-order chi connectivity index (χ0) is 16.7. The molecule has 1 aliphatic heterocycles. The van der Waals surface area contributed by atoms with Gasteiger partial charge in [-0.15, -0.1) is 0 Å². The average Bonchev–Trinajstić information content (AvgIpc) is 2.74. The SMILES string of the molecule is CCC[N+]1(COC(C)C)CCCC1.F[B-](F)(F)C(F)(F)F. The zero-order valence-electron chi connectivity index (χ0n) is 12.7. The molecular formula is C12H24BF6NO. The third kappa shape index (κ3) is 7.94. The molecule has 1 saturated heterocycles. The van der Waals surface area contributed by atoms with Crippen LogP contribution < -0.4 is 0 Å². The fourth-order valence-corrected chi connectivity index (χ4v) is 2.21. The number of ether oxygens (including phenoxy) is 1. The summed E-state index contributed by atoms with van der Waals surface area (Å²) in [6, 6.07) is 0. The molecule has 0 aromatic carbocycles. The molecule has 9 heteroatoms.